The minimum atomic E-state index is -0.722. The van der Waals surface area contributed by atoms with Crippen LogP contribution in [0.3, 0.4) is 0 Å². The standard InChI is InChI=1S/C26H27F2N3O4/c27-22-15-21(16-23(28)17-22)24-5-6-25(32)31(29-24)18-20-4-1-3-19(13-20)14-26(33)35-10-2-7-30-8-11-34-12-9-30/h1,3-6,13,15-17H,2,7-12,14,18H2. The lowest BCUT2D eigenvalue weighted by Crippen LogP contribution is -2.37. The molecule has 0 amide bonds. The van der Waals surface area contributed by atoms with Crippen molar-refractivity contribution in [3.8, 4) is 11.3 Å². The number of carbonyl (C=O) groups excluding carboxylic acids is 1. The largest absolute Gasteiger partial charge is 0.465 e. The van der Waals surface area contributed by atoms with E-state index < -0.39 is 11.6 Å². The third kappa shape index (κ3) is 7.27. The molecule has 0 aliphatic carbocycles. The number of rotatable bonds is 9. The Hall–Kier alpha value is -3.43. The van der Waals surface area contributed by atoms with Crippen LogP contribution in [0, 0.1) is 11.6 Å². The number of aromatic nitrogens is 2. The number of hydrogen-bond donors (Lipinski definition) is 0. The molecule has 1 fully saturated rings. The van der Waals surface area contributed by atoms with Gasteiger partial charge in [-0.1, -0.05) is 24.3 Å². The first-order valence-corrected chi connectivity index (χ1v) is 11.5. The monoisotopic (exact) mass is 483 g/mol. The van der Waals surface area contributed by atoms with Gasteiger partial charge in [-0.15, -0.1) is 0 Å². The average Bonchev–Trinajstić information content (AvgIpc) is 2.83. The summed E-state index contributed by atoms with van der Waals surface area (Å²) in [6, 6.07) is 13.1. The maximum atomic E-state index is 13.6. The summed E-state index contributed by atoms with van der Waals surface area (Å²) in [6.45, 7) is 4.67. The van der Waals surface area contributed by atoms with E-state index in [2.05, 4.69) is 10.00 Å². The van der Waals surface area contributed by atoms with E-state index in [1.807, 2.05) is 18.2 Å². The fourth-order valence-electron chi connectivity index (χ4n) is 3.95. The molecule has 0 N–H and O–H groups in total. The van der Waals surface area contributed by atoms with Gasteiger partial charge in [-0.3, -0.25) is 14.5 Å². The molecule has 4 rings (SSSR count). The molecule has 0 atom stereocenters. The second kappa shape index (κ2) is 11.8. The molecule has 1 aromatic heterocycles. The molecule has 2 heterocycles. The highest BCUT2D eigenvalue weighted by molar-refractivity contribution is 5.72. The highest BCUT2D eigenvalue weighted by atomic mass is 19.1. The molecular weight excluding hydrogens is 456 g/mol. The number of benzene rings is 2. The number of halogens is 2. The summed E-state index contributed by atoms with van der Waals surface area (Å²) in [6.07, 6.45) is 0.891. The summed E-state index contributed by atoms with van der Waals surface area (Å²) in [5.41, 5.74) is 1.69. The molecule has 3 aromatic rings. The van der Waals surface area contributed by atoms with Gasteiger partial charge in [-0.05, 0) is 35.7 Å². The summed E-state index contributed by atoms with van der Waals surface area (Å²) >= 11 is 0. The maximum absolute atomic E-state index is 13.6. The Morgan fingerprint density at radius 3 is 2.51 bits per heavy atom. The highest BCUT2D eigenvalue weighted by Crippen LogP contribution is 2.19. The Labute approximate surface area is 201 Å². The number of carbonyl (C=O) groups is 1. The van der Waals surface area contributed by atoms with E-state index >= 15 is 0 Å². The summed E-state index contributed by atoms with van der Waals surface area (Å²) < 4.78 is 39.1. The summed E-state index contributed by atoms with van der Waals surface area (Å²) in [7, 11) is 0. The first kappa shape index (κ1) is 24.7. The molecular formula is C26H27F2N3O4. The van der Waals surface area contributed by atoms with Gasteiger partial charge in [0.2, 0.25) is 0 Å². The summed E-state index contributed by atoms with van der Waals surface area (Å²) in [5.74, 6) is -1.75. The quantitative estimate of drug-likeness (QED) is 0.344. The number of esters is 1. The normalized spacial score (nSPS) is 14.1. The van der Waals surface area contributed by atoms with E-state index in [9.17, 15) is 18.4 Å². The van der Waals surface area contributed by atoms with Gasteiger partial charge in [-0.2, -0.15) is 5.10 Å². The highest BCUT2D eigenvalue weighted by Gasteiger charge is 2.11. The fourth-order valence-corrected chi connectivity index (χ4v) is 3.95. The van der Waals surface area contributed by atoms with Crippen LogP contribution in [0.5, 0.6) is 0 Å². The van der Waals surface area contributed by atoms with Crippen molar-refractivity contribution in [2.24, 2.45) is 0 Å². The van der Waals surface area contributed by atoms with Gasteiger partial charge in [0.05, 0.1) is 38.5 Å². The zero-order chi connectivity index (χ0) is 24.6. The fraction of sp³-hybridized carbons (Fsp3) is 0.346. The van der Waals surface area contributed by atoms with Gasteiger partial charge in [-0.25, -0.2) is 13.5 Å². The van der Waals surface area contributed by atoms with E-state index in [-0.39, 0.29) is 35.8 Å². The molecule has 1 saturated heterocycles. The lowest BCUT2D eigenvalue weighted by atomic mass is 10.1. The van der Waals surface area contributed by atoms with Crippen molar-refractivity contribution in [2.75, 3.05) is 39.5 Å². The lowest BCUT2D eigenvalue weighted by molar-refractivity contribution is -0.143. The zero-order valence-corrected chi connectivity index (χ0v) is 19.3. The van der Waals surface area contributed by atoms with Crippen LogP contribution in [0.2, 0.25) is 0 Å². The molecule has 0 unspecified atom stereocenters. The van der Waals surface area contributed by atoms with Crippen molar-refractivity contribution in [1.82, 2.24) is 14.7 Å². The van der Waals surface area contributed by atoms with E-state index in [0.29, 0.717) is 6.61 Å². The second-order valence-corrected chi connectivity index (χ2v) is 8.40. The smallest absolute Gasteiger partial charge is 0.310 e. The van der Waals surface area contributed by atoms with Gasteiger partial charge in [0.15, 0.2) is 0 Å². The molecule has 9 heteroatoms. The molecule has 0 spiro atoms. The van der Waals surface area contributed by atoms with Gasteiger partial charge in [0.25, 0.3) is 5.56 Å². The van der Waals surface area contributed by atoms with E-state index in [1.54, 1.807) is 6.07 Å². The van der Waals surface area contributed by atoms with Gasteiger partial charge >= 0.3 is 5.97 Å². The number of hydrogen-bond acceptors (Lipinski definition) is 6. The van der Waals surface area contributed by atoms with Gasteiger partial charge in [0, 0.05) is 37.3 Å². The van der Waals surface area contributed by atoms with Crippen LogP contribution in [0.1, 0.15) is 17.5 Å². The van der Waals surface area contributed by atoms with Crippen molar-refractivity contribution in [3.05, 3.63) is 87.7 Å². The molecule has 2 aromatic carbocycles. The van der Waals surface area contributed by atoms with Gasteiger partial charge in [0.1, 0.15) is 11.6 Å². The van der Waals surface area contributed by atoms with E-state index in [1.165, 1.54) is 16.8 Å². The van der Waals surface area contributed by atoms with E-state index in [4.69, 9.17) is 9.47 Å². The molecule has 0 radical (unpaired) electrons. The SMILES string of the molecule is O=C(Cc1cccc(Cn2nc(-c3cc(F)cc(F)c3)ccc2=O)c1)OCCCN1CCOCC1. The minimum absolute atomic E-state index is 0.121. The van der Waals surface area contributed by atoms with E-state index in [0.717, 1.165) is 68.6 Å². The molecule has 7 nitrogen and oxygen atoms in total. The third-order valence-electron chi connectivity index (χ3n) is 5.68. The topological polar surface area (TPSA) is 73.7 Å². The molecule has 0 bridgehead atoms. The number of ether oxygens (including phenoxy) is 2. The Bertz CT molecular complexity index is 1200. The second-order valence-electron chi connectivity index (χ2n) is 8.40. The Morgan fingerprint density at radius 2 is 1.74 bits per heavy atom. The van der Waals surface area contributed by atoms with Crippen LogP contribution in [0.4, 0.5) is 8.78 Å². The predicted octanol–water partition coefficient (Wildman–Crippen LogP) is 3.04. The van der Waals surface area contributed by atoms with Crippen LogP contribution in [-0.4, -0.2) is 60.1 Å². The lowest BCUT2D eigenvalue weighted by Gasteiger charge is -2.26. The summed E-state index contributed by atoms with van der Waals surface area (Å²) in [4.78, 5) is 26.9. The molecule has 35 heavy (non-hydrogen) atoms. The molecule has 1 aliphatic rings. The Morgan fingerprint density at radius 1 is 1.00 bits per heavy atom. The van der Waals surface area contributed by atoms with Crippen LogP contribution >= 0.6 is 0 Å². The van der Waals surface area contributed by atoms with Crippen LogP contribution in [0.25, 0.3) is 11.3 Å². The van der Waals surface area contributed by atoms with Crippen LogP contribution in [0.15, 0.2) is 59.4 Å². The zero-order valence-electron chi connectivity index (χ0n) is 19.3. The molecule has 1 aliphatic heterocycles. The Balaban J connectivity index is 1.35. The van der Waals surface area contributed by atoms with Crippen molar-refractivity contribution >= 4 is 5.97 Å². The average molecular weight is 484 g/mol. The summed E-state index contributed by atoms with van der Waals surface area (Å²) in [5, 5.41) is 4.27. The van der Waals surface area contributed by atoms with Crippen molar-refractivity contribution in [1.29, 1.82) is 0 Å². The van der Waals surface area contributed by atoms with Crippen molar-refractivity contribution in [3.63, 3.8) is 0 Å². The minimum Gasteiger partial charge on any atom is -0.465 e. The van der Waals surface area contributed by atoms with Crippen molar-refractivity contribution in [2.45, 2.75) is 19.4 Å². The first-order chi connectivity index (χ1) is 17.0. The maximum Gasteiger partial charge on any atom is 0.310 e. The third-order valence-corrected chi connectivity index (χ3v) is 5.68. The van der Waals surface area contributed by atoms with Gasteiger partial charge < -0.3 is 9.47 Å². The number of nitrogens with zero attached hydrogens (tertiary/aromatic N) is 3. The molecule has 0 saturated carbocycles. The number of morpholine rings is 1. The predicted molar refractivity (Wildman–Crippen MR) is 126 cm³/mol. The van der Waals surface area contributed by atoms with Crippen LogP contribution in [-0.2, 0) is 27.2 Å². The first-order valence-electron chi connectivity index (χ1n) is 11.5. The molecule has 184 valence electrons. The van der Waals surface area contributed by atoms with Crippen LogP contribution < -0.4 is 5.56 Å². The van der Waals surface area contributed by atoms with Crippen molar-refractivity contribution < 1.29 is 23.0 Å². The Kier molecular flexibility index (Phi) is 8.33.